The molecule has 6 nitrogen and oxygen atoms in total. The Hall–Kier alpha value is -2.74. The summed E-state index contributed by atoms with van der Waals surface area (Å²) in [5, 5.41) is 3.66. The molecule has 0 bridgehead atoms. The van der Waals surface area contributed by atoms with Gasteiger partial charge in [-0.2, -0.15) is 0 Å². The monoisotopic (exact) mass is 531 g/mol. The molecular weight excluding hydrogens is 505 g/mol. The molecule has 0 unspecified atom stereocenters. The van der Waals surface area contributed by atoms with Crippen LogP contribution in [0.15, 0.2) is 66.7 Å². The molecule has 1 saturated heterocycles. The standard InChI is InChI=1S/C26H27Cl2N3O3S/c1-35(33,34)31(18-23-24(27)6-5-7-25(23)28)22-12-8-19(9-13-22)26(32)29-20-10-14-21(15-11-20)30-16-3-2-4-17-30/h5-15H,2-4,16-18H2,1H3,(H,29,32). The zero-order valence-electron chi connectivity index (χ0n) is 19.4. The molecule has 184 valence electrons. The van der Waals surface area contributed by atoms with Crippen molar-refractivity contribution < 1.29 is 13.2 Å². The van der Waals surface area contributed by atoms with Gasteiger partial charge in [0.05, 0.1) is 18.5 Å². The lowest BCUT2D eigenvalue weighted by Gasteiger charge is -2.28. The third kappa shape index (κ3) is 6.28. The van der Waals surface area contributed by atoms with E-state index < -0.39 is 10.0 Å². The third-order valence-corrected chi connectivity index (χ3v) is 7.88. The van der Waals surface area contributed by atoms with Crippen molar-refractivity contribution in [2.75, 3.05) is 33.9 Å². The van der Waals surface area contributed by atoms with Crippen LogP contribution in [0.25, 0.3) is 0 Å². The highest BCUT2D eigenvalue weighted by molar-refractivity contribution is 7.92. The van der Waals surface area contributed by atoms with Crippen molar-refractivity contribution in [3.63, 3.8) is 0 Å². The fourth-order valence-corrected chi connectivity index (χ4v) is 5.50. The summed E-state index contributed by atoms with van der Waals surface area (Å²) in [6, 6.07) is 19.3. The van der Waals surface area contributed by atoms with Gasteiger partial charge in [0.1, 0.15) is 0 Å². The number of amides is 1. The number of rotatable bonds is 7. The van der Waals surface area contributed by atoms with Crippen LogP contribution in [0.1, 0.15) is 35.2 Å². The fourth-order valence-electron chi connectivity index (χ4n) is 4.12. The molecule has 1 amide bonds. The van der Waals surface area contributed by atoms with Crippen LogP contribution < -0.4 is 14.5 Å². The molecule has 3 aromatic carbocycles. The molecule has 0 atom stereocenters. The first-order valence-electron chi connectivity index (χ1n) is 11.4. The number of anilines is 3. The summed E-state index contributed by atoms with van der Waals surface area (Å²) >= 11 is 12.5. The molecule has 1 aliphatic rings. The van der Waals surface area contributed by atoms with E-state index in [1.54, 1.807) is 42.5 Å². The molecule has 0 saturated carbocycles. The topological polar surface area (TPSA) is 69.7 Å². The van der Waals surface area contributed by atoms with Gasteiger partial charge in [-0.3, -0.25) is 9.10 Å². The number of sulfonamides is 1. The lowest BCUT2D eigenvalue weighted by atomic mass is 10.1. The highest BCUT2D eigenvalue weighted by Crippen LogP contribution is 2.29. The van der Waals surface area contributed by atoms with E-state index in [0.717, 1.165) is 25.0 Å². The van der Waals surface area contributed by atoms with Crippen LogP contribution >= 0.6 is 23.2 Å². The number of hydrogen-bond acceptors (Lipinski definition) is 4. The molecule has 1 heterocycles. The normalized spacial score (nSPS) is 14.0. The average molecular weight is 532 g/mol. The van der Waals surface area contributed by atoms with Crippen LogP contribution in [-0.2, 0) is 16.6 Å². The van der Waals surface area contributed by atoms with Gasteiger partial charge in [0.25, 0.3) is 5.91 Å². The highest BCUT2D eigenvalue weighted by atomic mass is 35.5. The van der Waals surface area contributed by atoms with Gasteiger partial charge in [0, 0.05) is 45.6 Å². The molecular formula is C26H27Cl2N3O3S. The zero-order chi connectivity index (χ0) is 25.0. The van der Waals surface area contributed by atoms with Crippen LogP contribution in [0.3, 0.4) is 0 Å². The zero-order valence-corrected chi connectivity index (χ0v) is 21.7. The van der Waals surface area contributed by atoms with E-state index in [1.807, 2.05) is 24.3 Å². The summed E-state index contributed by atoms with van der Waals surface area (Å²) in [4.78, 5) is 15.1. The Morgan fingerprint density at radius 3 is 2.09 bits per heavy atom. The maximum atomic E-state index is 12.8. The summed E-state index contributed by atoms with van der Waals surface area (Å²) in [7, 11) is -3.63. The average Bonchev–Trinajstić information content (AvgIpc) is 2.84. The van der Waals surface area contributed by atoms with Crippen molar-refractivity contribution in [3.8, 4) is 0 Å². The van der Waals surface area contributed by atoms with Gasteiger partial charge in [-0.25, -0.2) is 8.42 Å². The molecule has 0 aromatic heterocycles. The Bertz CT molecular complexity index is 1270. The first-order chi connectivity index (χ1) is 16.7. The van der Waals surface area contributed by atoms with E-state index in [9.17, 15) is 13.2 Å². The van der Waals surface area contributed by atoms with Crippen molar-refractivity contribution in [3.05, 3.63) is 87.9 Å². The molecule has 1 fully saturated rings. The minimum atomic E-state index is -3.63. The molecule has 3 aromatic rings. The third-order valence-electron chi connectivity index (χ3n) is 6.03. The summed E-state index contributed by atoms with van der Waals surface area (Å²) in [6.45, 7) is 2.10. The number of carbonyl (C=O) groups is 1. The van der Waals surface area contributed by atoms with Gasteiger partial charge < -0.3 is 10.2 Å². The van der Waals surface area contributed by atoms with E-state index >= 15 is 0 Å². The van der Waals surface area contributed by atoms with E-state index in [2.05, 4.69) is 10.2 Å². The van der Waals surface area contributed by atoms with Crippen LogP contribution in [0, 0.1) is 0 Å². The largest absolute Gasteiger partial charge is 0.372 e. The molecule has 0 spiro atoms. The minimum Gasteiger partial charge on any atom is -0.372 e. The molecule has 0 aliphatic carbocycles. The van der Waals surface area contributed by atoms with Crippen LogP contribution in [0.4, 0.5) is 17.1 Å². The van der Waals surface area contributed by atoms with Crippen molar-refractivity contribution in [2.24, 2.45) is 0 Å². The highest BCUT2D eigenvalue weighted by Gasteiger charge is 2.21. The summed E-state index contributed by atoms with van der Waals surface area (Å²) in [5.41, 5.74) is 3.19. The second kappa shape index (κ2) is 10.9. The van der Waals surface area contributed by atoms with Gasteiger partial charge in [-0.1, -0.05) is 29.3 Å². The maximum absolute atomic E-state index is 12.8. The predicted molar refractivity (Wildman–Crippen MR) is 144 cm³/mol. The Morgan fingerprint density at radius 2 is 1.51 bits per heavy atom. The van der Waals surface area contributed by atoms with E-state index in [4.69, 9.17) is 23.2 Å². The summed E-state index contributed by atoms with van der Waals surface area (Å²) in [6.07, 6.45) is 4.80. The van der Waals surface area contributed by atoms with Gasteiger partial charge in [0.2, 0.25) is 10.0 Å². The SMILES string of the molecule is CS(=O)(=O)N(Cc1c(Cl)cccc1Cl)c1ccc(C(=O)Nc2ccc(N3CCCCC3)cc2)cc1. The lowest BCUT2D eigenvalue weighted by Crippen LogP contribution is -2.29. The number of piperidine rings is 1. The van der Waals surface area contributed by atoms with Crippen molar-refractivity contribution in [1.29, 1.82) is 0 Å². The number of nitrogens with zero attached hydrogens (tertiary/aromatic N) is 2. The quantitative estimate of drug-likeness (QED) is 0.393. The molecule has 1 aliphatic heterocycles. The molecule has 0 radical (unpaired) electrons. The maximum Gasteiger partial charge on any atom is 0.255 e. The minimum absolute atomic E-state index is 0.0216. The first-order valence-corrected chi connectivity index (χ1v) is 14.0. The van der Waals surface area contributed by atoms with E-state index in [-0.39, 0.29) is 12.5 Å². The smallest absolute Gasteiger partial charge is 0.255 e. The number of nitrogens with one attached hydrogen (secondary N) is 1. The summed E-state index contributed by atoms with van der Waals surface area (Å²) in [5.74, 6) is -0.276. The Kier molecular flexibility index (Phi) is 7.89. The van der Waals surface area contributed by atoms with Gasteiger partial charge in [-0.05, 0) is 79.9 Å². The molecule has 4 rings (SSSR count). The molecule has 9 heteroatoms. The fraction of sp³-hybridized carbons (Fsp3) is 0.269. The van der Waals surface area contributed by atoms with Crippen molar-refractivity contribution >= 4 is 56.2 Å². The van der Waals surface area contributed by atoms with E-state index in [1.165, 1.54) is 23.6 Å². The van der Waals surface area contributed by atoms with Gasteiger partial charge in [-0.15, -0.1) is 0 Å². The Morgan fingerprint density at radius 1 is 0.914 bits per heavy atom. The lowest BCUT2D eigenvalue weighted by molar-refractivity contribution is 0.102. The Labute approximate surface area is 216 Å². The number of halogens is 2. The van der Waals surface area contributed by atoms with Gasteiger partial charge in [0.15, 0.2) is 0 Å². The van der Waals surface area contributed by atoms with Crippen LogP contribution in [0.5, 0.6) is 0 Å². The van der Waals surface area contributed by atoms with Crippen LogP contribution in [0.2, 0.25) is 10.0 Å². The first kappa shape index (κ1) is 25.4. The molecule has 1 N–H and O–H groups in total. The van der Waals surface area contributed by atoms with Crippen molar-refractivity contribution in [2.45, 2.75) is 25.8 Å². The predicted octanol–water partition coefficient (Wildman–Crippen LogP) is 6.20. The molecule has 35 heavy (non-hydrogen) atoms. The second-order valence-corrected chi connectivity index (χ2v) is 11.3. The Balaban J connectivity index is 1.47. The van der Waals surface area contributed by atoms with E-state index in [0.29, 0.717) is 32.5 Å². The van der Waals surface area contributed by atoms with Crippen LogP contribution in [-0.4, -0.2) is 33.7 Å². The summed E-state index contributed by atoms with van der Waals surface area (Å²) < 4.78 is 26.2. The van der Waals surface area contributed by atoms with Gasteiger partial charge >= 0.3 is 0 Å². The number of hydrogen-bond donors (Lipinski definition) is 1. The number of benzene rings is 3. The number of carbonyl (C=O) groups excluding carboxylic acids is 1. The second-order valence-electron chi connectivity index (χ2n) is 8.57. The van der Waals surface area contributed by atoms with Crippen molar-refractivity contribution in [1.82, 2.24) is 0 Å².